The van der Waals surface area contributed by atoms with Gasteiger partial charge in [-0.15, -0.1) is 0 Å². The van der Waals surface area contributed by atoms with E-state index < -0.39 is 10.0 Å². The molecule has 0 aliphatic rings. The third-order valence-electron chi connectivity index (χ3n) is 2.86. The van der Waals surface area contributed by atoms with E-state index in [0.29, 0.717) is 10.0 Å². The maximum Gasteiger partial charge on any atom is 0.241 e. The van der Waals surface area contributed by atoms with E-state index >= 15 is 0 Å². The molecule has 0 radical (unpaired) electrons. The van der Waals surface area contributed by atoms with E-state index in [9.17, 15) is 13.5 Å². The van der Waals surface area contributed by atoms with Crippen molar-refractivity contribution in [1.29, 1.82) is 0 Å². The smallest absolute Gasteiger partial charge is 0.241 e. The molecule has 0 saturated heterocycles. The lowest BCUT2D eigenvalue weighted by Crippen LogP contribution is -2.33. The Morgan fingerprint density at radius 2 is 2.10 bits per heavy atom. The highest BCUT2D eigenvalue weighted by Crippen LogP contribution is 2.27. The lowest BCUT2D eigenvalue weighted by molar-refractivity contribution is 0.281. The van der Waals surface area contributed by atoms with Crippen molar-refractivity contribution in [1.82, 2.24) is 4.72 Å². The Morgan fingerprint density at radius 3 is 2.65 bits per heavy atom. The van der Waals surface area contributed by atoms with E-state index in [2.05, 4.69) is 20.7 Å². The Hall–Kier alpha value is -0.0800. The molecule has 0 aliphatic carbocycles. The van der Waals surface area contributed by atoms with Gasteiger partial charge in [0.25, 0.3) is 0 Å². The molecule has 1 aromatic carbocycles. The molecule has 1 atom stereocenters. The van der Waals surface area contributed by atoms with E-state index in [0.717, 1.165) is 17.7 Å². The first kappa shape index (κ1) is 18.0. The van der Waals surface area contributed by atoms with Crippen molar-refractivity contribution in [3.63, 3.8) is 0 Å². The molecule has 0 spiro atoms. The predicted molar refractivity (Wildman–Crippen MR) is 87.6 cm³/mol. The van der Waals surface area contributed by atoms with Crippen molar-refractivity contribution in [2.75, 3.05) is 12.0 Å². The van der Waals surface area contributed by atoms with Crippen LogP contribution < -0.4 is 4.72 Å². The summed E-state index contributed by atoms with van der Waals surface area (Å²) in [4.78, 5) is 0.178. The number of nitrogens with one attached hydrogen (secondary N) is 1. The first-order valence-electron chi connectivity index (χ1n) is 6.23. The second-order valence-corrected chi connectivity index (χ2v) is 8.15. The van der Waals surface area contributed by atoms with Crippen LogP contribution in [0.4, 0.5) is 0 Å². The summed E-state index contributed by atoms with van der Waals surface area (Å²) in [5, 5.41) is 9.21. The number of aliphatic hydroxyl groups excluding tert-OH is 1. The molecular weight excluding hydrogens is 362 g/mol. The Labute approximate surface area is 133 Å². The summed E-state index contributed by atoms with van der Waals surface area (Å²) in [6.45, 7) is 3.47. The van der Waals surface area contributed by atoms with E-state index in [4.69, 9.17) is 0 Å². The minimum atomic E-state index is -3.59. The molecule has 0 amide bonds. The van der Waals surface area contributed by atoms with Gasteiger partial charge in [-0.1, -0.05) is 6.07 Å². The standard InChI is InChI=1S/C13H20BrNO3S2/c1-9-6-11(8-16)7-12(13(9)14)20(17,18)15-10(2)4-5-19-3/h6-7,10,15-16H,4-5,8H2,1-3H3. The molecular formula is C13H20BrNO3S2. The van der Waals surface area contributed by atoms with Crippen LogP contribution in [0, 0.1) is 6.92 Å². The molecule has 0 heterocycles. The number of halogens is 1. The summed E-state index contributed by atoms with van der Waals surface area (Å²) >= 11 is 5.00. The fourth-order valence-corrected chi connectivity index (χ4v) is 4.71. The quantitative estimate of drug-likeness (QED) is 0.761. The molecule has 4 nitrogen and oxygen atoms in total. The van der Waals surface area contributed by atoms with Crippen LogP contribution in [0.15, 0.2) is 21.5 Å². The molecule has 0 aromatic heterocycles. The number of sulfonamides is 1. The summed E-state index contributed by atoms with van der Waals surface area (Å²) in [5.74, 6) is 0.903. The SMILES string of the molecule is CSCCC(C)NS(=O)(=O)c1cc(CO)cc(C)c1Br. The van der Waals surface area contributed by atoms with Gasteiger partial charge in [0.15, 0.2) is 0 Å². The third kappa shape index (κ3) is 4.73. The van der Waals surface area contributed by atoms with Crippen molar-refractivity contribution in [3.8, 4) is 0 Å². The van der Waals surface area contributed by atoms with Crippen LogP contribution >= 0.6 is 27.7 Å². The first-order valence-corrected chi connectivity index (χ1v) is 9.90. The minimum Gasteiger partial charge on any atom is -0.392 e. The van der Waals surface area contributed by atoms with Crippen LogP contribution in [-0.4, -0.2) is 31.6 Å². The van der Waals surface area contributed by atoms with E-state index in [1.54, 1.807) is 24.8 Å². The zero-order chi connectivity index (χ0) is 15.3. The monoisotopic (exact) mass is 381 g/mol. The third-order valence-corrected chi connectivity index (χ3v) is 6.44. The van der Waals surface area contributed by atoms with Crippen molar-refractivity contribution < 1.29 is 13.5 Å². The van der Waals surface area contributed by atoms with E-state index in [1.807, 2.05) is 13.2 Å². The number of aliphatic hydroxyl groups is 1. The molecule has 1 rings (SSSR count). The Balaban J connectivity index is 3.06. The number of hydrogen-bond acceptors (Lipinski definition) is 4. The van der Waals surface area contributed by atoms with Gasteiger partial charge in [0.05, 0.1) is 11.5 Å². The molecule has 1 unspecified atom stereocenters. The van der Waals surface area contributed by atoms with Gasteiger partial charge in [-0.2, -0.15) is 11.8 Å². The molecule has 0 aliphatic heterocycles. The van der Waals surface area contributed by atoms with Crippen LogP contribution in [0.25, 0.3) is 0 Å². The van der Waals surface area contributed by atoms with Gasteiger partial charge in [0.1, 0.15) is 0 Å². The molecule has 2 N–H and O–H groups in total. The van der Waals surface area contributed by atoms with Crippen molar-refractivity contribution in [2.45, 2.75) is 37.8 Å². The first-order chi connectivity index (χ1) is 9.31. The number of aryl methyl sites for hydroxylation is 1. The molecule has 20 heavy (non-hydrogen) atoms. The maximum absolute atomic E-state index is 12.4. The second kappa shape index (κ2) is 7.79. The summed E-state index contributed by atoms with van der Waals surface area (Å²) in [6, 6.07) is 3.14. The Bertz CT molecular complexity index is 561. The fraction of sp³-hybridized carbons (Fsp3) is 0.538. The predicted octanol–water partition coefficient (Wildman–Crippen LogP) is 2.67. The highest BCUT2D eigenvalue weighted by Gasteiger charge is 2.21. The van der Waals surface area contributed by atoms with Crippen LogP contribution in [-0.2, 0) is 16.6 Å². The van der Waals surface area contributed by atoms with Gasteiger partial charge in [-0.3, -0.25) is 0 Å². The van der Waals surface area contributed by atoms with Crippen LogP contribution in [0.1, 0.15) is 24.5 Å². The van der Waals surface area contributed by atoms with Crippen molar-refractivity contribution in [2.24, 2.45) is 0 Å². The maximum atomic E-state index is 12.4. The van der Waals surface area contributed by atoms with Crippen LogP contribution in [0.3, 0.4) is 0 Å². The lowest BCUT2D eigenvalue weighted by atomic mass is 10.1. The fourth-order valence-electron chi connectivity index (χ4n) is 1.78. The van der Waals surface area contributed by atoms with Gasteiger partial charge in [-0.25, -0.2) is 13.1 Å². The van der Waals surface area contributed by atoms with Crippen LogP contribution in [0.2, 0.25) is 0 Å². The molecule has 114 valence electrons. The summed E-state index contributed by atoms with van der Waals surface area (Å²) in [6.07, 6.45) is 2.77. The molecule has 0 saturated carbocycles. The summed E-state index contributed by atoms with van der Waals surface area (Å²) < 4.78 is 28.0. The second-order valence-electron chi connectivity index (χ2n) is 4.69. The lowest BCUT2D eigenvalue weighted by Gasteiger charge is -2.16. The number of rotatable bonds is 7. The number of hydrogen-bond donors (Lipinski definition) is 2. The zero-order valence-corrected chi connectivity index (χ0v) is 15.0. The largest absolute Gasteiger partial charge is 0.392 e. The van der Waals surface area contributed by atoms with E-state index in [-0.39, 0.29) is 17.5 Å². The average Bonchev–Trinajstić information content (AvgIpc) is 2.38. The molecule has 0 fully saturated rings. The van der Waals surface area contributed by atoms with Crippen molar-refractivity contribution in [3.05, 3.63) is 27.7 Å². The summed E-state index contributed by atoms with van der Waals surface area (Å²) in [7, 11) is -3.59. The van der Waals surface area contributed by atoms with Gasteiger partial charge in [0.2, 0.25) is 10.0 Å². The Morgan fingerprint density at radius 1 is 1.45 bits per heavy atom. The highest BCUT2D eigenvalue weighted by molar-refractivity contribution is 9.10. The highest BCUT2D eigenvalue weighted by atomic mass is 79.9. The molecule has 0 bridgehead atoms. The van der Waals surface area contributed by atoms with Crippen molar-refractivity contribution >= 4 is 37.7 Å². The van der Waals surface area contributed by atoms with E-state index in [1.165, 1.54) is 6.07 Å². The summed E-state index contributed by atoms with van der Waals surface area (Å²) in [5.41, 5.74) is 1.37. The molecule has 7 heteroatoms. The van der Waals surface area contributed by atoms with Gasteiger partial charge >= 0.3 is 0 Å². The van der Waals surface area contributed by atoms with Gasteiger partial charge < -0.3 is 5.11 Å². The average molecular weight is 382 g/mol. The Kier molecular flexibility index (Phi) is 7.00. The van der Waals surface area contributed by atoms with Crippen LogP contribution in [0.5, 0.6) is 0 Å². The topological polar surface area (TPSA) is 66.4 Å². The minimum absolute atomic E-state index is 0.127. The van der Waals surface area contributed by atoms with Gasteiger partial charge in [0, 0.05) is 10.5 Å². The zero-order valence-electron chi connectivity index (χ0n) is 11.8. The normalized spacial score (nSPS) is 13.4. The molecule has 1 aromatic rings. The number of benzene rings is 1. The number of thioether (sulfide) groups is 1. The van der Waals surface area contributed by atoms with Gasteiger partial charge in [-0.05, 0) is 65.4 Å².